The molecule has 120 valence electrons. The highest BCUT2D eigenvalue weighted by atomic mass is 35.5. The zero-order chi connectivity index (χ0) is 17.0. The molecule has 0 aliphatic carbocycles. The molecule has 0 rings (SSSR count). The molecule has 0 spiro atoms. The van der Waals surface area contributed by atoms with Crippen molar-refractivity contribution in [2.75, 3.05) is 0 Å². The van der Waals surface area contributed by atoms with Gasteiger partial charge in [-0.2, -0.15) is 0 Å². The predicted octanol–water partition coefficient (Wildman–Crippen LogP) is 2.57. The number of hydrogen-bond acceptors (Lipinski definition) is 6. The summed E-state index contributed by atoms with van der Waals surface area (Å²) >= 11 is 5.41. The van der Waals surface area contributed by atoms with Crippen molar-refractivity contribution in [2.45, 2.75) is 52.6 Å². The minimum absolute atomic E-state index is 0.0694. The minimum Gasteiger partial charge on any atom is -0.362 e. The van der Waals surface area contributed by atoms with E-state index in [4.69, 9.17) is 11.6 Å². The molecule has 0 aromatic carbocycles. The van der Waals surface area contributed by atoms with Crippen LogP contribution in [-0.4, -0.2) is 20.9 Å². The van der Waals surface area contributed by atoms with Crippen LogP contribution in [0.15, 0.2) is 22.8 Å². The molecule has 0 aromatic heterocycles. The van der Waals surface area contributed by atoms with Gasteiger partial charge in [0.2, 0.25) is 0 Å². The average molecular weight is 321 g/mol. The first-order chi connectivity index (χ1) is 9.23. The molecule has 0 heterocycles. The first kappa shape index (κ1) is 19.2. The molecule has 9 heteroatoms. The van der Waals surface area contributed by atoms with Gasteiger partial charge < -0.3 is 10.6 Å². The van der Waals surface area contributed by atoms with E-state index in [2.05, 4.69) is 10.6 Å². The summed E-state index contributed by atoms with van der Waals surface area (Å²) in [5.41, 5.74) is -1.46. The second kappa shape index (κ2) is 6.75. The Morgan fingerprint density at radius 1 is 0.952 bits per heavy atom. The van der Waals surface area contributed by atoms with Crippen LogP contribution in [0.25, 0.3) is 0 Å². The molecular formula is C12H21ClN4O4. The Hall–Kier alpha value is -1.83. The minimum atomic E-state index is -0.892. The van der Waals surface area contributed by atoms with Crippen LogP contribution in [0.1, 0.15) is 41.5 Å². The van der Waals surface area contributed by atoms with E-state index in [9.17, 15) is 20.2 Å². The molecule has 0 atom stereocenters. The van der Waals surface area contributed by atoms with E-state index >= 15 is 0 Å². The van der Waals surface area contributed by atoms with Crippen LogP contribution in [0.4, 0.5) is 0 Å². The molecule has 0 fully saturated rings. The Bertz CT molecular complexity index is 468. The Balaban J connectivity index is 5.99. The van der Waals surface area contributed by atoms with E-state index in [1.807, 2.05) is 41.5 Å². The van der Waals surface area contributed by atoms with Crippen molar-refractivity contribution < 1.29 is 9.85 Å². The Kier molecular flexibility index (Phi) is 6.16. The van der Waals surface area contributed by atoms with Gasteiger partial charge in [0.15, 0.2) is 5.82 Å². The molecule has 21 heavy (non-hydrogen) atoms. The monoisotopic (exact) mass is 320 g/mol. The summed E-state index contributed by atoms with van der Waals surface area (Å²) in [6.07, 6.45) is 0.717. The number of nitrogens with one attached hydrogen (secondary N) is 2. The van der Waals surface area contributed by atoms with Crippen LogP contribution in [0, 0.1) is 20.2 Å². The van der Waals surface area contributed by atoms with Crippen molar-refractivity contribution in [3.8, 4) is 0 Å². The van der Waals surface area contributed by atoms with Crippen LogP contribution >= 0.6 is 11.6 Å². The Labute approximate surface area is 128 Å². The topological polar surface area (TPSA) is 110 Å². The van der Waals surface area contributed by atoms with Crippen molar-refractivity contribution in [2.24, 2.45) is 0 Å². The fourth-order valence-corrected chi connectivity index (χ4v) is 1.39. The lowest BCUT2D eigenvalue weighted by atomic mass is 10.1. The van der Waals surface area contributed by atoms with E-state index in [0.29, 0.717) is 6.08 Å². The van der Waals surface area contributed by atoms with Crippen LogP contribution in [0.3, 0.4) is 0 Å². The maximum atomic E-state index is 11.2. The summed E-state index contributed by atoms with van der Waals surface area (Å²) in [5, 5.41) is 26.8. The van der Waals surface area contributed by atoms with E-state index in [-0.39, 0.29) is 5.82 Å². The van der Waals surface area contributed by atoms with Crippen molar-refractivity contribution in [3.05, 3.63) is 43.0 Å². The lowest BCUT2D eigenvalue weighted by Crippen LogP contribution is -2.47. The SMILES string of the molecule is CC(C)(C)NC(NC(C)(C)C)=C(/C=C(\Cl)[N+](=O)[O-])[N+](=O)[O-]. The van der Waals surface area contributed by atoms with E-state index in [0.717, 1.165) is 0 Å². The van der Waals surface area contributed by atoms with Crippen LogP contribution in [-0.2, 0) is 0 Å². The van der Waals surface area contributed by atoms with Gasteiger partial charge in [-0.25, -0.2) is 0 Å². The van der Waals surface area contributed by atoms with E-state index in [1.54, 1.807) is 0 Å². The van der Waals surface area contributed by atoms with Crippen molar-refractivity contribution in [3.63, 3.8) is 0 Å². The van der Waals surface area contributed by atoms with Gasteiger partial charge in [-0.1, -0.05) is 0 Å². The highest BCUT2D eigenvalue weighted by molar-refractivity contribution is 6.28. The molecule has 0 aromatic rings. The van der Waals surface area contributed by atoms with Gasteiger partial charge in [0.1, 0.15) is 6.08 Å². The number of allylic oxidation sites excluding steroid dienone is 1. The highest BCUT2D eigenvalue weighted by Gasteiger charge is 2.27. The summed E-state index contributed by atoms with van der Waals surface area (Å²) in [4.78, 5) is 20.2. The number of hydrogen-bond donors (Lipinski definition) is 2. The van der Waals surface area contributed by atoms with E-state index < -0.39 is 31.8 Å². The molecular weight excluding hydrogens is 300 g/mol. The molecule has 0 aliphatic heterocycles. The van der Waals surface area contributed by atoms with Crippen LogP contribution in [0.2, 0.25) is 0 Å². The largest absolute Gasteiger partial charge is 0.362 e. The van der Waals surface area contributed by atoms with Gasteiger partial charge in [-0.05, 0) is 53.1 Å². The molecule has 0 aliphatic rings. The van der Waals surface area contributed by atoms with Crippen LogP contribution in [0.5, 0.6) is 0 Å². The third-order valence-corrected chi connectivity index (χ3v) is 2.13. The van der Waals surface area contributed by atoms with Gasteiger partial charge in [-0.15, -0.1) is 0 Å². The molecule has 0 amide bonds. The number of nitro groups is 2. The molecule has 0 unspecified atom stereocenters. The molecule has 0 bridgehead atoms. The number of rotatable bonds is 5. The fourth-order valence-electron chi connectivity index (χ4n) is 1.29. The quantitative estimate of drug-likeness (QED) is 0.348. The number of halogens is 1. The predicted molar refractivity (Wildman–Crippen MR) is 80.7 cm³/mol. The first-order valence-corrected chi connectivity index (χ1v) is 6.57. The molecule has 8 nitrogen and oxygen atoms in total. The first-order valence-electron chi connectivity index (χ1n) is 6.19. The van der Waals surface area contributed by atoms with Gasteiger partial charge in [0, 0.05) is 11.1 Å². The summed E-state index contributed by atoms with van der Waals surface area (Å²) in [6, 6.07) is 0. The second-order valence-electron chi connectivity index (χ2n) is 6.49. The Morgan fingerprint density at radius 2 is 1.33 bits per heavy atom. The third kappa shape index (κ3) is 8.13. The smallest absolute Gasteiger partial charge is 0.344 e. The second-order valence-corrected chi connectivity index (χ2v) is 6.88. The van der Waals surface area contributed by atoms with E-state index in [1.165, 1.54) is 0 Å². The lowest BCUT2D eigenvalue weighted by molar-refractivity contribution is -0.429. The molecule has 2 N–H and O–H groups in total. The summed E-state index contributed by atoms with van der Waals surface area (Å²) < 4.78 is 0. The summed E-state index contributed by atoms with van der Waals surface area (Å²) in [6.45, 7) is 10.9. The zero-order valence-electron chi connectivity index (χ0n) is 13.0. The zero-order valence-corrected chi connectivity index (χ0v) is 13.7. The van der Waals surface area contributed by atoms with Crippen molar-refractivity contribution in [1.82, 2.24) is 10.6 Å². The maximum absolute atomic E-state index is 11.2. The van der Waals surface area contributed by atoms with Crippen molar-refractivity contribution >= 4 is 11.6 Å². The molecule has 0 saturated carbocycles. The number of nitrogens with zero attached hydrogens (tertiary/aromatic N) is 2. The summed E-state index contributed by atoms with van der Waals surface area (Å²) in [7, 11) is 0. The molecule has 0 saturated heterocycles. The van der Waals surface area contributed by atoms with Gasteiger partial charge in [-0.3, -0.25) is 20.2 Å². The van der Waals surface area contributed by atoms with Crippen molar-refractivity contribution in [1.29, 1.82) is 0 Å². The lowest BCUT2D eigenvalue weighted by Gasteiger charge is -2.29. The average Bonchev–Trinajstić information content (AvgIpc) is 2.19. The summed E-state index contributed by atoms with van der Waals surface area (Å²) in [5.74, 6) is 0.0694. The third-order valence-electron chi connectivity index (χ3n) is 1.88. The maximum Gasteiger partial charge on any atom is 0.344 e. The molecule has 0 radical (unpaired) electrons. The standard InChI is InChI=1S/C12H21ClN4O4/c1-11(2,3)14-10(15-12(4,5)6)8(16(18)19)7-9(13)17(20)21/h7,14-15H,1-6H3/b9-7+. The Morgan fingerprint density at radius 3 is 1.57 bits per heavy atom. The van der Waals surface area contributed by atoms with Gasteiger partial charge >= 0.3 is 10.9 Å². The normalized spacial score (nSPS) is 12.6. The highest BCUT2D eigenvalue weighted by Crippen LogP contribution is 2.15. The van der Waals surface area contributed by atoms with Crippen LogP contribution < -0.4 is 10.6 Å². The van der Waals surface area contributed by atoms with Gasteiger partial charge in [0.05, 0.1) is 9.85 Å². The van der Waals surface area contributed by atoms with Gasteiger partial charge in [0.25, 0.3) is 0 Å². The fraction of sp³-hybridized carbons (Fsp3) is 0.667.